The predicted molar refractivity (Wildman–Crippen MR) is 94.8 cm³/mol. The summed E-state index contributed by atoms with van der Waals surface area (Å²) >= 11 is 11.4. The Morgan fingerprint density at radius 1 is 1.14 bits per heavy atom. The maximum absolute atomic E-state index is 12.2. The molecule has 0 aromatic heterocycles. The van der Waals surface area contributed by atoms with Crippen LogP contribution in [-0.2, 0) is 0 Å². The first-order valence-electron chi connectivity index (χ1n) is 5.74. The summed E-state index contributed by atoms with van der Waals surface area (Å²) in [5.74, 6) is -0.887. The number of benzene rings is 2. The molecule has 4 nitrogen and oxygen atoms in total. The lowest BCUT2D eigenvalue weighted by atomic mass is 10.1. The SMILES string of the molecule is NC(=O)c1ccc(NC(=O)c2cc(I)ccc2Br)cc1Cl. The van der Waals surface area contributed by atoms with Crippen molar-refractivity contribution in [3.8, 4) is 0 Å². The molecule has 0 fully saturated rings. The zero-order chi connectivity index (χ0) is 15.6. The summed E-state index contributed by atoms with van der Waals surface area (Å²) < 4.78 is 1.64. The first-order valence-corrected chi connectivity index (χ1v) is 7.99. The monoisotopic (exact) mass is 478 g/mol. The zero-order valence-corrected chi connectivity index (χ0v) is 15.0. The van der Waals surface area contributed by atoms with E-state index in [0.717, 1.165) is 3.57 Å². The molecule has 2 aromatic carbocycles. The van der Waals surface area contributed by atoms with Crippen molar-refractivity contribution in [3.05, 3.63) is 60.6 Å². The van der Waals surface area contributed by atoms with Gasteiger partial charge in [0.15, 0.2) is 0 Å². The lowest BCUT2D eigenvalue weighted by Gasteiger charge is -2.09. The Morgan fingerprint density at radius 3 is 2.48 bits per heavy atom. The van der Waals surface area contributed by atoms with Crippen molar-refractivity contribution in [2.75, 3.05) is 5.32 Å². The second-order valence-electron chi connectivity index (χ2n) is 4.14. The molecule has 0 aliphatic heterocycles. The number of hydrogen-bond acceptors (Lipinski definition) is 2. The van der Waals surface area contributed by atoms with Crippen LogP contribution in [0.2, 0.25) is 5.02 Å². The fourth-order valence-corrected chi connectivity index (χ4v) is 2.85. The molecule has 0 unspecified atom stereocenters. The van der Waals surface area contributed by atoms with Crippen LogP contribution in [0.3, 0.4) is 0 Å². The Bertz CT molecular complexity index is 737. The van der Waals surface area contributed by atoms with Gasteiger partial charge in [0.25, 0.3) is 5.91 Å². The third kappa shape index (κ3) is 3.96. The number of primary amides is 1. The van der Waals surface area contributed by atoms with Crippen molar-refractivity contribution in [1.82, 2.24) is 0 Å². The molecule has 0 bridgehead atoms. The van der Waals surface area contributed by atoms with Crippen molar-refractivity contribution in [2.24, 2.45) is 5.73 Å². The second kappa shape index (κ2) is 6.76. The van der Waals surface area contributed by atoms with Crippen molar-refractivity contribution in [3.63, 3.8) is 0 Å². The molecule has 7 heteroatoms. The van der Waals surface area contributed by atoms with Crippen LogP contribution >= 0.6 is 50.1 Å². The van der Waals surface area contributed by atoms with Gasteiger partial charge in [-0.15, -0.1) is 0 Å². The topological polar surface area (TPSA) is 72.2 Å². The minimum atomic E-state index is -0.613. The molecule has 3 N–H and O–H groups in total. The Kier molecular flexibility index (Phi) is 5.23. The Morgan fingerprint density at radius 2 is 1.86 bits per heavy atom. The molecular weight excluding hydrogens is 470 g/mol. The first-order chi connectivity index (χ1) is 9.88. The summed E-state index contributed by atoms with van der Waals surface area (Å²) in [6.07, 6.45) is 0. The fourth-order valence-electron chi connectivity index (χ4n) is 1.66. The van der Waals surface area contributed by atoms with E-state index in [9.17, 15) is 9.59 Å². The number of carbonyl (C=O) groups excluding carboxylic acids is 2. The van der Waals surface area contributed by atoms with E-state index in [1.807, 2.05) is 6.07 Å². The summed E-state index contributed by atoms with van der Waals surface area (Å²) in [6, 6.07) is 10.00. The molecule has 0 atom stereocenters. The van der Waals surface area contributed by atoms with Crippen LogP contribution in [0.5, 0.6) is 0 Å². The summed E-state index contributed by atoms with van der Waals surface area (Å²) in [4.78, 5) is 23.3. The van der Waals surface area contributed by atoms with Crippen molar-refractivity contribution >= 4 is 67.6 Å². The van der Waals surface area contributed by atoms with Crippen molar-refractivity contribution in [1.29, 1.82) is 0 Å². The largest absolute Gasteiger partial charge is 0.366 e. The summed E-state index contributed by atoms with van der Waals surface area (Å²) in [7, 11) is 0. The number of nitrogens with two attached hydrogens (primary N) is 1. The van der Waals surface area contributed by atoms with Gasteiger partial charge in [-0.05, 0) is 74.9 Å². The Labute approximate surface area is 148 Å². The molecular formula is C14H9BrClIN2O2. The normalized spacial score (nSPS) is 10.2. The quantitative estimate of drug-likeness (QED) is 0.652. The van der Waals surface area contributed by atoms with Gasteiger partial charge in [0.2, 0.25) is 5.91 Å². The predicted octanol–water partition coefficient (Wildman–Crippen LogP) is 4.06. The Hall–Kier alpha value is -1.12. The van der Waals surface area contributed by atoms with E-state index >= 15 is 0 Å². The van der Waals surface area contributed by atoms with Gasteiger partial charge >= 0.3 is 0 Å². The molecule has 2 rings (SSSR count). The van der Waals surface area contributed by atoms with Crippen LogP contribution in [0, 0.1) is 3.57 Å². The van der Waals surface area contributed by atoms with Gasteiger partial charge in [-0.25, -0.2) is 0 Å². The number of anilines is 1. The molecule has 0 aliphatic rings. The molecule has 21 heavy (non-hydrogen) atoms. The van der Waals surface area contributed by atoms with Crippen LogP contribution in [0.25, 0.3) is 0 Å². The van der Waals surface area contributed by atoms with E-state index < -0.39 is 5.91 Å². The van der Waals surface area contributed by atoms with E-state index in [1.165, 1.54) is 12.1 Å². The van der Waals surface area contributed by atoms with Crippen LogP contribution in [-0.4, -0.2) is 11.8 Å². The average Bonchev–Trinajstić information content (AvgIpc) is 2.41. The lowest BCUT2D eigenvalue weighted by Crippen LogP contribution is -2.14. The van der Waals surface area contributed by atoms with Gasteiger partial charge in [0.1, 0.15) is 0 Å². The van der Waals surface area contributed by atoms with Gasteiger partial charge in [0.05, 0.1) is 16.1 Å². The van der Waals surface area contributed by atoms with Crippen LogP contribution in [0.15, 0.2) is 40.9 Å². The van der Waals surface area contributed by atoms with Gasteiger partial charge in [-0.1, -0.05) is 11.6 Å². The average molecular weight is 479 g/mol. The highest BCUT2D eigenvalue weighted by Crippen LogP contribution is 2.23. The highest BCUT2D eigenvalue weighted by Gasteiger charge is 2.13. The maximum Gasteiger partial charge on any atom is 0.256 e. The smallest absolute Gasteiger partial charge is 0.256 e. The van der Waals surface area contributed by atoms with Crippen LogP contribution < -0.4 is 11.1 Å². The fraction of sp³-hybridized carbons (Fsp3) is 0. The van der Waals surface area contributed by atoms with E-state index in [2.05, 4.69) is 43.8 Å². The molecule has 2 aromatic rings. The number of amides is 2. The summed E-state index contributed by atoms with van der Waals surface area (Å²) in [6.45, 7) is 0. The molecule has 0 saturated heterocycles. The van der Waals surface area contributed by atoms with Crippen LogP contribution in [0.1, 0.15) is 20.7 Å². The van der Waals surface area contributed by atoms with E-state index in [-0.39, 0.29) is 16.5 Å². The zero-order valence-electron chi connectivity index (χ0n) is 10.5. The summed E-state index contributed by atoms with van der Waals surface area (Å²) in [5.41, 5.74) is 6.39. The van der Waals surface area contributed by atoms with Gasteiger partial charge in [-0.3, -0.25) is 9.59 Å². The van der Waals surface area contributed by atoms with Crippen molar-refractivity contribution < 1.29 is 9.59 Å². The molecule has 0 heterocycles. The van der Waals surface area contributed by atoms with E-state index in [1.54, 1.807) is 18.2 Å². The number of rotatable bonds is 3. The van der Waals surface area contributed by atoms with E-state index in [4.69, 9.17) is 17.3 Å². The molecule has 0 saturated carbocycles. The number of hydrogen-bond donors (Lipinski definition) is 2. The maximum atomic E-state index is 12.2. The summed E-state index contributed by atoms with van der Waals surface area (Å²) in [5, 5.41) is 2.92. The minimum Gasteiger partial charge on any atom is -0.366 e. The van der Waals surface area contributed by atoms with Crippen LogP contribution in [0.4, 0.5) is 5.69 Å². The third-order valence-electron chi connectivity index (χ3n) is 2.67. The first kappa shape index (κ1) is 16.3. The molecule has 108 valence electrons. The molecule has 0 radical (unpaired) electrons. The lowest BCUT2D eigenvalue weighted by molar-refractivity contribution is 0.0998. The number of halogens is 3. The van der Waals surface area contributed by atoms with Gasteiger partial charge in [0, 0.05) is 13.7 Å². The molecule has 0 spiro atoms. The number of nitrogens with one attached hydrogen (secondary N) is 1. The van der Waals surface area contributed by atoms with Gasteiger partial charge < -0.3 is 11.1 Å². The van der Waals surface area contributed by atoms with Gasteiger partial charge in [-0.2, -0.15) is 0 Å². The Balaban J connectivity index is 2.26. The van der Waals surface area contributed by atoms with Crippen molar-refractivity contribution in [2.45, 2.75) is 0 Å². The number of carbonyl (C=O) groups is 2. The second-order valence-corrected chi connectivity index (χ2v) is 6.64. The highest BCUT2D eigenvalue weighted by molar-refractivity contribution is 14.1. The minimum absolute atomic E-state index is 0.196. The third-order valence-corrected chi connectivity index (χ3v) is 4.34. The molecule has 2 amide bonds. The highest BCUT2D eigenvalue weighted by atomic mass is 127. The molecule has 0 aliphatic carbocycles. The standard InChI is InChI=1S/C14H9BrClIN2O2/c15-11-4-1-7(17)5-10(11)14(21)19-8-2-3-9(13(18)20)12(16)6-8/h1-6H,(H2,18,20)(H,19,21). The van der Waals surface area contributed by atoms with E-state index in [0.29, 0.717) is 15.7 Å².